The molecule has 0 radical (unpaired) electrons. The van der Waals surface area contributed by atoms with E-state index >= 15 is 0 Å². The first kappa shape index (κ1) is 18.7. The summed E-state index contributed by atoms with van der Waals surface area (Å²) in [6, 6.07) is 5.30. The van der Waals surface area contributed by atoms with Crippen molar-refractivity contribution in [1.82, 2.24) is 0 Å². The van der Waals surface area contributed by atoms with E-state index in [-0.39, 0.29) is 22.5 Å². The fourth-order valence-corrected chi connectivity index (χ4v) is 6.69. The molecule has 1 heterocycles. The van der Waals surface area contributed by atoms with Crippen LogP contribution in [-0.4, -0.2) is 24.2 Å². The lowest BCUT2D eigenvalue weighted by Crippen LogP contribution is -2.51. The van der Waals surface area contributed by atoms with Gasteiger partial charge >= 0.3 is 5.97 Å². The lowest BCUT2D eigenvalue weighted by molar-refractivity contribution is -0.161. The number of hydrogen-bond donors (Lipinski definition) is 1. The van der Waals surface area contributed by atoms with Crippen LogP contribution in [-0.2, 0) is 9.59 Å². The summed E-state index contributed by atoms with van der Waals surface area (Å²) in [5.74, 6) is 2.49. The number of amides is 1. The maximum Gasteiger partial charge on any atom is 0.317 e. The van der Waals surface area contributed by atoms with Crippen LogP contribution in [0.1, 0.15) is 44.1 Å². The lowest BCUT2D eigenvalue weighted by atomic mass is 9.49. The zero-order valence-corrected chi connectivity index (χ0v) is 17.2. The molecule has 152 valence electrons. The number of thioether (sulfide) groups is 1. The Balaban J connectivity index is 1.36. The van der Waals surface area contributed by atoms with Crippen molar-refractivity contribution in [1.29, 1.82) is 0 Å². The molecule has 4 saturated carbocycles. The summed E-state index contributed by atoms with van der Waals surface area (Å²) in [6.07, 6.45) is 8.45. The number of methoxy groups -OCH3 is 1. The zero-order valence-electron chi connectivity index (χ0n) is 16.3. The van der Waals surface area contributed by atoms with Gasteiger partial charge in [0.1, 0.15) is 0 Å². The maximum atomic E-state index is 13.2. The van der Waals surface area contributed by atoms with E-state index in [1.54, 1.807) is 31.4 Å². The molecular formula is C22H24N2O4S. The molecule has 1 amide bonds. The van der Waals surface area contributed by atoms with E-state index in [4.69, 9.17) is 15.2 Å². The third-order valence-electron chi connectivity index (χ3n) is 6.80. The van der Waals surface area contributed by atoms with Crippen molar-refractivity contribution in [3.05, 3.63) is 28.7 Å². The summed E-state index contributed by atoms with van der Waals surface area (Å²) in [4.78, 5) is 29.2. The van der Waals surface area contributed by atoms with Crippen LogP contribution in [0.5, 0.6) is 11.5 Å². The van der Waals surface area contributed by atoms with E-state index in [0.29, 0.717) is 34.2 Å². The minimum atomic E-state index is -0.344. The molecule has 0 atom stereocenters. The fraction of sp³-hybridized carbons (Fsp3) is 0.500. The highest BCUT2D eigenvalue weighted by Gasteiger charge is 2.55. The van der Waals surface area contributed by atoms with Gasteiger partial charge in [-0.15, -0.1) is 0 Å². The number of esters is 1. The summed E-state index contributed by atoms with van der Waals surface area (Å²) >= 11 is 1.14. The molecular weight excluding hydrogens is 388 g/mol. The smallest absolute Gasteiger partial charge is 0.317 e. The normalized spacial score (nSPS) is 33.8. The van der Waals surface area contributed by atoms with E-state index in [1.807, 2.05) is 0 Å². The van der Waals surface area contributed by atoms with E-state index < -0.39 is 0 Å². The van der Waals surface area contributed by atoms with Gasteiger partial charge in [-0.1, -0.05) is 6.07 Å². The van der Waals surface area contributed by atoms with Crippen LogP contribution in [0.4, 0.5) is 0 Å². The Hall–Kier alpha value is -2.28. The molecule has 4 fully saturated rings. The number of rotatable bonds is 4. The molecule has 0 saturated heterocycles. The molecule has 1 aromatic rings. The van der Waals surface area contributed by atoms with Crippen LogP contribution in [0.3, 0.4) is 0 Å². The number of aliphatic imine (C=N–C) groups is 1. The van der Waals surface area contributed by atoms with Crippen molar-refractivity contribution < 1.29 is 19.1 Å². The number of amidine groups is 1. The van der Waals surface area contributed by atoms with Crippen molar-refractivity contribution >= 4 is 34.9 Å². The van der Waals surface area contributed by atoms with Gasteiger partial charge in [-0.2, -0.15) is 4.99 Å². The summed E-state index contributed by atoms with van der Waals surface area (Å²) in [7, 11) is 1.55. The largest absolute Gasteiger partial charge is 0.493 e. The van der Waals surface area contributed by atoms with Crippen LogP contribution in [0.15, 0.2) is 28.1 Å². The highest BCUT2D eigenvalue weighted by molar-refractivity contribution is 8.18. The van der Waals surface area contributed by atoms with Gasteiger partial charge in [-0.3, -0.25) is 9.59 Å². The van der Waals surface area contributed by atoms with Crippen molar-refractivity contribution in [3.63, 3.8) is 0 Å². The Morgan fingerprint density at radius 1 is 1.17 bits per heavy atom. The van der Waals surface area contributed by atoms with Crippen molar-refractivity contribution in [2.45, 2.75) is 38.5 Å². The van der Waals surface area contributed by atoms with Gasteiger partial charge in [0.15, 0.2) is 16.7 Å². The van der Waals surface area contributed by atoms with Crippen molar-refractivity contribution in [2.24, 2.45) is 33.9 Å². The molecule has 6 nitrogen and oxygen atoms in total. The summed E-state index contributed by atoms with van der Waals surface area (Å²) in [5.41, 5.74) is 6.04. The van der Waals surface area contributed by atoms with E-state index in [1.165, 1.54) is 19.3 Å². The molecule has 7 heteroatoms. The minimum Gasteiger partial charge on any atom is -0.493 e. The second kappa shape index (κ2) is 6.90. The third kappa shape index (κ3) is 3.35. The number of nitrogens with zero attached hydrogens (tertiary/aromatic N) is 1. The Kier molecular flexibility index (Phi) is 4.46. The molecule has 1 aromatic carbocycles. The van der Waals surface area contributed by atoms with Gasteiger partial charge in [0.25, 0.3) is 5.91 Å². The van der Waals surface area contributed by atoms with Gasteiger partial charge in [0.2, 0.25) is 0 Å². The number of hydrogen-bond acceptors (Lipinski definition) is 6. The summed E-state index contributed by atoms with van der Waals surface area (Å²) < 4.78 is 11.4. The molecule has 0 aromatic heterocycles. The van der Waals surface area contributed by atoms with E-state index in [2.05, 4.69) is 4.99 Å². The number of benzene rings is 1. The lowest BCUT2D eigenvalue weighted by Gasteiger charge is -2.55. The first-order valence-electron chi connectivity index (χ1n) is 10.1. The quantitative estimate of drug-likeness (QED) is 0.460. The Bertz CT molecular complexity index is 917. The van der Waals surface area contributed by atoms with Crippen molar-refractivity contribution in [3.8, 4) is 11.5 Å². The van der Waals surface area contributed by atoms with Gasteiger partial charge in [-0.05, 0) is 91.8 Å². The molecule has 29 heavy (non-hydrogen) atoms. The molecule has 5 aliphatic rings. The second-order valence-corrected chi connectivity index (χ2v) is 9.93. The summed E-state index contributed by atoms with van der Waals surface area (Å²) in [5, 5.41) is 0.245. The Morgan fingerprint density at radius 2 is 1.83 bits per heavy atom. The van der Waals surface area contributed by atoms with Crippen LogP contribution < -0.4 is 15.2 Å². The van der Waals surface area contributed by atoms with Crippen LogP contribution in [0.2, 0.25) is 0 Å². The van der Waals surface area contributed by atoms with Gasteiger partial charge < -0.3 is 15.2 Å². The minimum absolute atomic E-state index is 0.108. The first-order chi connectivity index (χ1) is 13.9. The SMILES string of the molecule is COc1cc(/C=C2/SC(N)=NC2=O)ccc1OC(=O)C12CC3CC(CC(C3)C1)C2. The molecule has 2 N–H and O–H groups in total. The van der Waals surface area contributed by atoms with Crippen LogP contribution in [0.25, 0.3) is 6.08 Å². The van der Waals surface area contributed by atoms with Crippen LogP contribution >= 0.6 is 11.8 Å². The fourth-order valence-electron chi connectivity index (χ4n) is 6.00. The first-order valence-corrected chi connectivity index (χ1v) is 10.9. The Labute approximate surface area is 173 Å². The highest BCUT2D eigenvalue weighted by atomic mass is 32.2. The molecule has 1 aliphatic heterocycles. The highest BCUT2D eigenvalue weighted by Crippen LogP contribution is 2.60. The second-order valence-electron chi connectivity index (χ2n) is 8.86. The van der Waals surface area contributed by atoms with Gasteiger partial charge in [0.05, 0.1) is 17.4 Å². The number of carbonyl (C=O) groups excluding carboxylic acids is 2. The predicted molar refractivity (Wildman–Crippen MR) is 111 cm³/mol. The number of ether oxygens (including phenoxy) is 2. The van der Waals surface area contributed by atoms with Gasteiger partial charge in [0, 0.05) is 0 Å². The standard InChI is InChI=1S/C22H24N2O4S/c1-27-17-7-12(8-18-19(25)24-21(23)29-18)2-3-16(17)28-20(26)22-9-13-4-14(10-22)6-15(5-13)11-22/h2-3,7-8,13-15H,4-6,9-11H2,1H3,(H2,23,24,25)/b18-8+. The molecule has 0 unspecified atom stereocenters. The van der Waals surface area contributed by atoms with E-state index in [0.717, 1.165) is 36.6 Å². The summed E-state index contributed by atoms with van der Waals surface area (Å²) in [6.45, 7) is 0. The third-order valence-corrected chi connectivity index (χ3v) is 7.61. The average Bonchev–Trinajstić information content (AvgIpc) is 2.98. The monoisotopic (exact) mass is 412 g/mol. The number of carbonyl (C=O) groups is 2. The van der Waals surface area contributed by atoms with Gasteiger partial charge in [-0.25, -0.2) is 0 Å². The molecule has 4 aliphatic carbocycles. The van der Waals surface area contributed by atoms with E-state index in [9.17, 15) is 9.59 Å². The molecule has 6 rings (SSSR count). The average molecular weight is 413 g/mol. The van der Waals surface area contributed by atoms with Crippen molar-refractivity contribution in [2.75, 3.05) is 7.11 Å². The predicted octanol–water partition coefficient (Wildman–Crippen LogP) is 3.75. The molecule has 0 spiro atoms. The zero-order chi connectivity index (χ0) is 20.2. The number of nitrogens with two attached hydrogens (primary N) is 1. The topological polar surface area (TPSA) is 91.0 Å². The maximum absolute atomic E-state index is 13.2. The Morgan fingerprint density at radius 3 is 2.38 bits per heavy atom. The van der Waals surface area contributed by atoms with Crippen LogP contribution in [0, 0.1) is 23.2 Å². The molecule has 4 bridgehead atoms.